The number of carbonyl (C=O) groups is 3. The lowest BCUT2D eigenvalue weighted by atomic mass is 10.2. The van der Waals surface area contributed by atoms with Gasteiger partial charge in [-0.3, -0.25) is 14.9 Å². The molecule has 1 fully saturated rings. The summed E-state index contributed by atoms with van der Waals surface area (Å²) in [6.45, 7) is -0.306. The molecule has 1 aliphatic rings. The largest absolute Gasteiger partial charge is 0.375 e. The van der Waals surface area contributed by atoms with Gasteiger partial charge in [-0.25, -0.2) is 4.79 Å². The van der Waals surface area contributed by atoms with Crippen molar-refractivity contribution in [3.05, 3.63) is 23.2 Å². The molecule has 1 aromatic carbocycles. The van der Waals surface area contributed by atoms with Crippen molar-refractivity contribution in [3.63, 3.8) is 0 Å². The van der Waals surface area contributed by atoms with Crippen LogP contribution in [0.5, 0.6) is 0 Å². The fraction of sp³-hybridized carbons (Fsp3) is 0.308. The molecule has 2 rings (SSSR count). The highest BCUT2D eigenvalue weighted by atomic mass is 35.5. The number of halogens is 1. The minimum atomic E-state index is -0.561. The summed E-state index contributed by atoms with van der Waals surface area (Å²) in [5.74, 6) is -0.810. The zero-order valence-electron chi connectivity index (χ0n) is 11.6. The van der Waals surface area contributed by atoms with Crippen LogP contribution in [0, 0.1) is 0 Å². The lowest BCUT2D eigenvalue weighted by Crippen LogP contribution is -2.35. The van der Waals surface area contributed by atoms with Crippen LogP contribution in [-0.4, -0.2) is 49.9 Å². The number of benzene rings is 1. The fourth-order valence-electron chi connectivity index (χ4n) is 2.04. The van der Waals surface area contributed by atoms with Gasteiger partial charge in [0.25, 0.3) is 0 Å². The van der Waals surface area contributed by atoms with E-state index in [0.29, 0.717) is 16.4 Å². The predicted molar refractivity (Wildman–Crippen MR) is 79.5 cm³/mol. The van der Waals surface area contributed by atoms with Gasteiger partial charge in [0, 0.05) is 14.1 Å². The van der Waals surface area contributed by atoms with Gasteiger partial charge in [0.2, 0.25) is 11.8 Å². The Bertz CT molecular complexity index is 603. The molecule has 4 amide bonds. The average Bonchev–Trinajstić information content (AvgIpc) is 2.67. The van der Waals surface area contributed by atoms with E-state index in [4.69, 9.17) is 11.6 Å². The standard InChI is InChI=1S/C13H15ClN4O3/c1-17(2)12-8(14)4-3-5-9(12)15-10(19)6-18-7-11(20)16-13(18)21/h3-5H,6-7H2,1-2H3,(H,15,19)(H,16,20,21). The number of anilines is 2. The molecule has 21 heavy (non-hydrogen) atoms. The van der Waals surface area contributed by atoms with Crippen molar-refractivity contribution in [1.29, 1.82) is 0 Å². The van der Waals surface area contributed by atoms with E-state index >= 15 is 0 Å². The first-order valence-corrected chi connectivity index (χ1v) is 6.60. The topological polar surface area (TPSA) is 81.8 Å². The monoisotopic (exact) mass is 310 g/mol. The molecule has 112 valence electrons. The first-order chi connectivity index (χ1) is 9.88. The Hall–Kier alpha value is -2.28. The van der Waals surface area contributed by atoms with Crippen LogP contribution in [0.25, 0.3) is 0 Å². The molecule has 1 aliphatic heterocycles. The number of imide groups is 1. The molecule has 0 unspecified atom stereocenters. The Labute approximate surface area is 126 Å². The Morgan fingerprint density at radius 2 is 2.14 bits per heavy atom. The molecule has 0 bridgehead atoms. The van der Waals surface area contributed by atoms with Crippen LogP contribution in [-0.2, 0) is 9.59 Å². The molecule has 0 atom stereocenters. The van der Waals surface area contributed by atoms with E-state index in [1.165, 1.54) is 0 Å². The molecule has 7 nitrogen and oxygen atoms in total. The zero-order chi connectivity index (χ0) is 15.6. The lowest BCUT2D eigenvalue weighted by molar-refractivity contribution is -0.119. The van der Waals surface area contributed by atoms with Crippen molar-refractivity contribution < 1.29 is 14.4 Å². The minimum Gasteiger partial charge on any atom is -0.375 e. The van der Waals surface area contributed by atoms with Gasteiger partial charge in [0.1, 0.15) is 13.1 Å². The Balaban J connectivity index is 2.08. The van der Waals surface area contributed by atoms with Gasteiger partial charge in [-0.2, -0.15) is 0 Å². The van der Waals surface area contributed by atoms with Gasteiger partial charge in [0.05, 0.1) is 16.4 Å². The van der Waals surface area contributed by atoms with Gasteiger partial charge >= 0.3 is 6.03 Å². The Morgan fingerprint density at radius 3 is 2.71 bits per heavy atom. The highest BCUT2D eigenvalue weighted by Crippen LogP contribution is 2.32. The molecule has 0 spiro atoms. The van der Waals surface area contributed by atoms with Gasteiger partial charge in [-0.1, -0.05) is 17.7 Å². The van der Waals surface area contributed by atoms with Crippen LogP contribution >= 0.6 is 11.6 Å². The maximum Gasteiger partial charge on any atom is 0.325 e. The highest BCUT2D eigenvalue weighted by molar-refractivity contribution is 6.34. The van der Waals surface area contributed by atoms with Crippen molar-refractivity contribution in [3.8, 4) is 0 Å². The molecule has 1 heterocycles. The van der Waals surface area contributed by atoms with Crippen molar-refractivity contribution in [2.45, 2.75) is 0 Å². The molecule has 0 radical (unpaired) electrons. The third-order valence-corrected chi connectivity index (χ3v) is 3.22. The summed E-state index contributed by atoms with van der Waals surface area (Å²) in [5.41, 5.74) is 1.22. The number of hydrogen-bond acceptors (Lipinski definition) is 4. The smallest absolute Gasteiger partial charge is 0.325 e. The number of nitrogens with zero attached hydrogens (tertiary/aromatic N) is 2. The van der Waals surface area contributed by atoms with Crippen LogP contribution < -0.4 is 15.5 Å². The summed E-state index contributed by atoms with van der Waals surface area (Å²) >= 11 is 6.11. The number of rotatable bonds is 4. The molecule has 1 saturated heterocycles. The molecule has 1 aromatic rings. The number of nitrogens with one attached hydrogen (secondary N) is 2. The van der Waals surface area contributed by atoms with Crippen molar-refractivity contribution in [2.75, 3.05) is 37.4 Å². The summed E-state index contributed by atoms with van der Waals surface area (Å²) < 4.78 is 0. The van der Waals surface area contributed by atoms with Crippen LogP contribution in [0.15, 0.2) is 18.2 Å². The van der Waals surface area contributed by atoms with Gasteiger partial charge < -0.3 is 15.1 Å². The van der Waals surface area contributed by atoms with E-state index in [-0.39, 0.29) is 13.1 Å². The molecule has 2 N–H and O–H groups in total. The number of hydrogen-bond donors (Lipinski definition) is 2. The quantitative estimate of drug-likeness (QED) is 0.810. The van der Waals surface area contributed by atoms with Gasteiger partial charge in [-0.15, -0.1) is 0 Å². The van der Waals surface area contributed by atoms with E-state index in [1.807, 2.05) is 14.1 Å². The van der Waals surface area contributed by atoms with Gasteiger partial charge in [-0.05, 0) is 12.1 Å². The van der Waals surface area contributed by atoms with E-state index < -0.39 is 17.8 Å². The highest BCUT2D eigenvalue weighted by Gasteiger charge is 2.28. The molecule has 0 aromatic heterocycles. The van der Waals surface area contributed by atoms with E-state index in [2.05, 4.69) is 10.6 Å². The molecular formula is C13H15ClN4O3. The van der Waals surface area contributed by atoms with Crippen LogP contribution in [0.3, 0.4) is 0 Å². The third kappa shape index (κ3) is 3.43. The SMILES string of the molecule is CN(C)c1c(Cl)cccc1NC(=O)CN1CC(=O)NC1=O. The first-order valence-electron chi connectivity index (χ1n) is 6.23. The molecule has 0 aliphatic carbocycles. The summed E-state index contributed by atoms with van der Waals surface area (Å²) in [7, 11) is 3.62. The minimum absolute atomic E-state index is 0.109. The van der Waals surface area contributed by atoms with Crippen molar-refractivity contribution >= 4 is 40.8 Å². The summed E-state index contributed by atoms with van der Waals surface area (Å²) in [5, 5.41) is 5.32. The lowest BCUT2D eigenvalue weighted by Gasteiger charge is -2.20. The first kappa shape index (κ1) is 15.1. The van der Waals surface area contributed by atoms with E-state index in [9.17, 15) is 14.4 Å². The number of carbonyl (C=O) groups excluding carboxylic acids is 3. The number of para-hydroxylation sites is 1. The maximum atomic E-state index is 12.0. The summed E-state index contributed by atoms with van der Waals surface area (Å²) in [4.78, 5) is 37.4. The van der Waals surface area contributed by atoms with Gasteiger partial charge in [0.15, 0.2) is 0 Å². The zero-order valence-corrected chi connectivity index (χ0v) is 12.4. The van der Waals surface area contributed by atoms with Crippen molar-refractivity contribution in [1.82, 2.24) is 10.2 Å². The normalized spacial score (nSPS) is 14.1. The maximum absolute atomic E-state index is 12.0. The molecular weight excluding hydrogens is 296 g/mol. The fourth-order valence-corrected chi connectivity index (χ4v) is 2.39. The van der Waals surface area contributed by atoms with Crippen LogP contribution in [0.4, 0.5) is 16.2 Å². The van der Waals surface area contributed by atoms with E-state index in [1.54, 1.807) is 23.1 Å². The number of amides is 4. The second-order valence-corrected chi connectivity index (χ2v) is 5.20. The Morgan fingerprint density at radius 1 is 1.43 bits per heavy atom. The predicted octanol–water partition coefficient (Wildman–Crippen LogP) is 0.896. The second kappa shape index (κ2) is 6.01. The van der Waals surface area contributed by atoms with Crippen molar-refractivity contribution in [2.24, 2.45) is 0 Å². The van der Waals surface area contributed by atoms with Crippen LogP contribution in [0.1, 0.15) is 0 Å². The van der Waals surface area contributed by atoms with E-state index in [0.717, 1.165) is 4.90 Å². The second-order valence-electron chi connectivity index (χ2n) is 4.79. The third-order valence-electron chi connectivity index (χ3n) is 2.91. The van der Waals surface area contributed by atoms with Crippen LogP contribution in [0.2, 0.25) is 5.02 Å². The molecule has 8 heteroatoms. The average molecular weight is 311 g/mol. The summed E-state index contributed by atoms with van der Waals surface area (Å²) in [6, 6.07) is 4.60. The summed E-state index contributed by atoms with van der Waals surface area (Å²) in [6.07, 6.45) is 0. The number of urea groups is 1. The Kier molecular flexibility index (Phi) is 4.32. The molecule has 0 saturated carbocycles.